The fraction of sp³-hybridized carbons (Fsp3) is 0.312. The molecule has 0 saturated heterocycles. The van der Waals surface area contributed by atoms with Crippen LogP contribution in [0.1, 0.15) is 37.6 Å². The zero-order valence-electron chi connectivity index (χ0n) is 25.4. The van der Waals surface area contributed by atoms with Crippen molar-refractivity contribution in [2.45, 2.75) is 44.0 Å². The van der Waals surface area contributed by atoms with E-state index in [2.05, 4.69) is 58.1 Å². The lowest BCUT2D eigenvalue weighted by atomic mass is 10.1. The molecule has 1 aliphatic rings. The Morgan fingerprint density at radius 3 is 2.59 bits per heavy atom. The minimum atomic E-state index is -4.09. The number of hydrogen-bond acceptors (Lipinski definition) is 8. The fourth-order valence-corrected chi connectivity index (χ4v) is 8.65. The number of sulfone groups is 1. The average Bonchev–Trinajstić information content (AvgIpc) is 3.52. The van der Waals surface area contributed by atoms with Crippen LogP contribution in [0.5, 0.6) is 0 Å². The number of rotatable bonds is 12. The third-order valence-corrected chi connectivity index (χ3v) is 11.6. The number of halogens is 1. The van der Waals surface area contributed by atoms with E-state index in [0.717, 1.165) is 59.9 Å². The molecule has 0 saturated carbocycles. The van der Waals surface area contributed by atoms with Crippen LogP contribution in [0.25, 0.3) is 27.1 Å². The number of aromatic nitrogens is 1. The second-order valence-electron chi connectivity index (χ2n) is 11.0. The molecule has 2 heterocycles. The molecule has 3 aromatic carbocycles. The molecule has 1 amide bonds. The predicted molar refractivity (Wildman–Crippen MR) is 189 cm³/mol. The van der Waals surface area contributed by atoms with Gasteiger partial charge in [0.15, 0.2) is 6.54 Å². The number of nitrogens with zero attached hydrogens (tertiary/aromatic N) is 2. The van der Waals surface area contributed by atoms with Crippen LogP contribution >= 0.6 is 34.7 Å². The van der Waals surface area contributed by atoms with Gasteiger partial charge in [0, 0.05) is 41.8 Å². The van der Waals surface area contributed by atoms with Gasteiger partial charge in [-0.1, -0.05) is 65.9 Å². The van der Waals surface area contributed by atoms with E-state index in [0.29, 0.717) is 31.0 Å². The molecular formula is C32H35ClN3O6S4+. The summed E-state index contributed by atoms with van der Waals surface area (Å²) in [4.78, 5) is 15.0. The minimum Gasteiger partial charge on any atom is -0.343 e. The number of benzene rings is 3. The zero-order valence-corrected chi connectivity index (χ0v) is 29.4. The first kappa shape index (κ1) is 34.4. The number of thioether (sulfide) groups is 1. The maximum absolute atomic E-state index is 11.7. The van der Waals surface area contributed by atoms with Gasteiger partial charge in [-0.2, -0.15) is 13.0 Å². The van der Waals surface area contributed by atoms with Crippen molar-refractivity contribution >= 4 is 92.6 Å². The van der Waals surface area contributed by atoms with Gasteiger partial charge in [-0.05, 0) is 66.6 Å². The van der Waals surface area contributed by atoms with Gasteiger partial charge < -0.3 is 10.2 Å². The largest absolute Gasteiger partial charge is 0.343 e. The van der Waals surface area contributed by atoms with E-state index in [1.807, 2.05) is 30.3 Å². The summed E-state index contributed by atoms with van der Waals surface area (Å²) in [7, 11) is -7.86. The lowest BCUT2D eigenvalue weighted by Gasteiger charge is -2.21. The lowest BCUT2D eigenvalue weighted by Crippen LogP contribution is -2.36. The van der Waals surface area contributed by atoms with Crippen LogP contribution < -0.4 is 14.8 Å². The number of amides is 1. The third kappa shape index (κ3) is 8.31. The molecule has 4 aromatic rings. The molecule has 2 N–H and O–H groups in total. The van der Waals surface area contributed by atoms with Crippen molar-refractivity contribution < 1.29 is 30.7 Å². The standard InChI is InChI=1S/C32H34ClN3O6S4/c1-3-22(19-29-35(26-21-24(33)12-14-27(26)43-29)16-7-6-15-34-32(37)45(2,38)39)20-30-36(17-8-18-46(40,41)42)31-25-10-5-4-9-23(25)11-13-28(31)44-30/h4-5,9-14,19-21H,3,6-8,15-18H2,1-2H3,(H-,34,37,40,41,42)/p+1. The lowest BCUT2D eigenvalue weighted by molar-refractivity contribution is -0.667. The van der Waals surface area contributed by atoms with Gasteiger partial charge >= 0.3 is 5.24 Å². The van der Waals surface area contributed by atoms with Gasteiger partial charge in [0.1, 0.15) is 4.70 Å². The van der Waals surface area contributed by atoms with Crippen LogP contribution in [0, 0.1) is 0 Å². The molecule has 0 radical (unpaired) electrons. The number of nitrogens with one attached hydrogen (secondary N) is 1. The molecule has 0 spiro atoms. The van der Waals surface area contributed by atoms with Crippen molar-refractivity contribution in [2.24, 2.45) is 0 Å². The Morgan fingerprint density at radius 1 is 1.07 bits per heavy atom. The fourth-order valence-electron chi connectivity index (χ4n) is 5.30. The van der Waals surface area contributed by atoms with Crippen LogP contribution in [0.15, 0.2) is 76.2 Å². The highest BCUT2D eigenvalue weighted by molar-refractivity contribution is 8.05. The SMILES string of the molecule is CCC(/C=C1\Sc2ccc(Cl)cc2N1CCCCNC(=O)S(C)(=O)=O)=C\c1sc2ccc3ccccc3c2[n+]1CCCS(=O)(=O)O. The highest BCUT2D eigenvalue weighted by atomic mass is 35.5. The maximum atomic E-state index is 11.7. The molecule has 0 unspecified atom stereocenters. The first-order valence-corrected chi connectivity index (χ1v) is 20.3. The van der Waals surface area contributed by atoms with Crippen molar-refractivity contribution in [3.63, 3.8) is 0 Å². The maximum Gasteiger partial charge on any atom is 0.336 e. The first-order valence-electron chi connectivity index (χ1n) is 14.8. The van der Waals surface area contributed by atoms with E-state index in [1.165, 1.54) is 0 Å². The smallest absolute Gasteiger partial charge is 0.336 e. The van der Waals surface area contributed by atoms with E-state index in [9.17, 15) is 26.2 Å². The van der Waals surface area contributed by atoms with Gasteiger partial charge in [-0.15, -0.1) is 0 Å². The summed E-state index contributed by atoms with van der Waals surface area (Å²) >= 11 is 9.67. The molecule has 0 fully saturated rings. The number of hydrogen-bond donors (Lipinski definition) is 2. The molecule has 0 atom stereocenters. The molecule has 1 aromatic heterocycles. The zero-order chi connectivity index (χ0) is 33.1. The van der Waals surface area contributed by atoms with Crippen molar-refractivity contribution in [3.8, 4) is 0 Å². The van der Waals surface area contributed by atoms with Crippen LogP contribution in [0.4, 0.5) is 10.5 Å². The Kier molecular flexibility index (Phi) is 10.8. The number of aryl methyl sites for hydroxylation is 1. The third-order valence-electron chi connectivity index (χ3n) is 7.53. The van der Waals surface area contributed by atoms with E-state index >= 15 is 0 Å². The molecule has 9 nitrogen and oxygen atoms in total. The minimum absolute atomic E-state index is 0.257. The number of anilines is 1. The topological polar surface area (TPSA) is 125 Å². The second kappa shape index (κ2) is 14.4. The van der Waals surface area contributed by atoms with E-state index in [-0.39, 0.29) is 18.7 Å². The van der Waals surface area contributed by atoms with Crippen molar-refractivity contribution in [1.29, 1.82) is 0 Å². The van der Waals surface area contributed by atoms with Gasteiger partial charge in [0.25, 0.3) is 15.1 Å². The summed E-state index contributed by atoms with van der Waals surface area (Å²) in [5.74, 6) is -0.319. The molecule has 5 rings (SSSR count). The highest BCUT2D eigenvalue weighted by Crippen LogP contribution is 2.47. The number of carbonyl (C=O) groups is 1. The number of fused-ring (bicyclic) bond motifs is 4. The Balaban J connectivity index is 1.47. The van der Waals surface area contributed by atoms with Crippen LogP contribution in [0.2, 0.25) is 5.02 Å². The molecule has 0 aliphatic carbocycles. The van der Waals surface area contributed by atoms with Crippen LogP contribution in [0.3, 0.4) is 0 Å². The summed E-state index contributed by atoms with van der Waals surface area (Å²) in [6, 6.07) is 18.1. The first-order chi connectivity index (χ1) is 21.8. The summed E-state index contributed by atoms with van der Waals surface area (Å²) in [5, 5.41) is 6.29. The Hall–Kier alpha value is -2.94. The Morgan fingerprint density at radius 2 is 1.85 bits per heavy atom. The van der Waals surface area contributed by atoms with Gasteiger partial charge in [-0.3, -0.25) is 9.35 Å². The van der Waals surface area contributed by atoms with Gasteiger partial charge in [-0.25, -0.2) is 8.42 Å². The number of thiazole rings is 1. The average molecular weight is 721 g/mol. The van der Waals surface area contributed by atoms with Crippen molar-refractivity contribution in [1.82, 2.24) is 5.32 Å². The highest BCUT2D eigenvalue weighted by Gasteiger charge is 2.27. The summed E-state index contributed by atoms with van der Waals surface area (Å²) < 4.78 is 58.5. The quantitative estimate of drug-likeness (QED) is 0.0906. The Bertz CT molecular complexity index is 2070. The molecule has 46 heavy (non-hydrogen) atoms. The molecule has 244 valence electrons. The van der Waals surface area contributed by atoms with Crippen molar-refractivity contribution in [3.05, 3.63) is 81.3 Å². The Labute approximate surface area is 282 Å². The molecule has 0 bridgehead atoms. The number of carbonyl (C=O) groups excluding carboxylic acids is 1. The van der Waals surface area contributed by atoms with Crippen LogP contribution in [-0.2, 0) is 26.5 Å². The molecule has 14 heteroatoms. The van der Waals surface area contributed by atoms with Gasteiger partial charge in [0.2, 0.25) is 15.4 Å². The normalized spacial score (nSPS) is 14.8. The van der Waals surface area contributed by atoms with Crippen LogP contribution in [-0.4, -0.2) is 51.7 Å². The van der Waals surface area contributed by atoms with Crippen molar-refractivity contribution in [2.75, 3.05) is 30.0 Å². The predicted octanol–water partition coefficient (Wildman–Crippen LogP) is 7.05. The summed E-state index contributed by atoms with van der Waals surface area (Å²) in [5.41, 5.74) is 3.11. The van der Waals surface area contributed by atoms with E-state index < -0.39 is 25.2 Å². The number of unbranched alkanes of at least 4 members (excludes halogenated alkanes) is 1. The van der Waals surface area contributed by atoms with E-state index in [4.69, 9.17) is 11.6 Å². The van der Waals surface area contributed by atoms with Gasteiger partial charge in [0.05, 0.1) is 21.9 Å². The van der Waals surface area contributed by atoms with E-state index in [1.54, 1.807) is 23.1 Å². The monoisotopic (exact) mass is 720 g/mol. The number of allylic oxidation sites excluding steroid dienone is 2. The summed E-state index contributed by atoms with van der Waals surface area (Å²) in [6.07, 6.45) is 7.52. The molecule has 1 aliphatic heterocycles. The second-order valence-corrected chi connectivity index (χ2v) is 17.0. The molecular weight excluding hydrogens is 686 g/mol. The summed E-state index contributed by atoms with van der Waals surface area (Å²) in [6.45, 7) is 3.41.